The summed E-state index contributed by atoms with van der Waals surface area (Å²) in [5.74, 6) is 0.904. The molecule has 2 N–H and O–H groups in total. The standard InChI is InChI=1S/C24H30N4O5/c1-3-31-19-9-6-5-8-18(19)28-13-11-27(12-14-28)16-17-21(23(29)32-4-2)22(26-24(30)25-17)20-10-7-15-33-20/h5-10,15,22H,3-4,11-14,16H2,1-2H3,(H2,25,26,30). The summed E-state index contributed by atoms with van der Waals surface area (Å²) in [6.45, 7) is 8.18. The molecule has 0 spiro atoms. The first-order valence-corrected chi connectivity index (χ1v) is 11.3. The van der Waals surface area contributed by atoms with Gasteiger partial charge in [0.05, 0.1) is 30.7 Å². The lowest BCUT2D eigenvalue weighted by atomic mass is 9.99. The van der Waals surface area contributed by atoms with E-state index in [1.54, 1.807) is 19.1 Å². The molecule has 0 saturated carbocycles. The number of ether oxygens (including phenoxy) is 2. The van der Waals surface area contributed by atoms with Crippen molar-refractivity contribution >= 4 is 17.7 Å². The molecule has 2 aliphatic rings. The Kier molecular flexibility index (Phi) is 7.19. The summed E-state index contributed by atoms with van der Waals surface area (Å²) in [5.41, 5.74) is 2.00. The number of hydrogen-bond acceptors (Lipinski definition) is 7. The summed E-state index contributed by atoms with van der Waals surface area (Å²) < 4.78 is 16.6. The lowest BCUT2D eigenvalue weighted by Crippen LogP contribution is -2.51. The number of furan rings is 1. The lowest BCUT2D eigenvalue weighted by Gasteiger charge is -2.38. The van der Waals surface area contributed by atoms with Gasteiger partial charge in [-0.2, -0.15) is 0 Å². The second-order valence-corrected chi connectivity index (χ2v) is 7.82. The lowest BCUT2D eigenvalue weighted by molar-refractivity contribution is -0.139. The number of amides is 2. The average molecular weight is 455 g/mol. The Labute approximate surface area is 193 Å². The van der Waals surface area contributed by atoms with Crippen molar-refractivity contribution in [2.24, 2.45) is 0 Å². The number of nitrogens with one attached hydrogen (secondary N) is 2. The molecule has 2 aromatic rings. The fraction of sp³-hybridized carbons (Fsp3) is 0.417. The van der Waals surface area contributed by atoms with Gasteiger partial charge in [-0.15, -0.1) is 0 Å². The second-order valence-electron chi connectivity index (χ2n) is 7.82. The maximum atomic E-state index is 12.8. The minimum Gasteiger partial charge on any atom is -0.492 e. The van der Waals surface area contributed by atoms with Crippen LogP contribution in [0.1, 0.15) is 25.6 Å². The quantitative estimate of drug-likeness (QED) is 0.592. The van der Waals surface area contributed by atoms with Crippen molar-refractivity contribution in [3.8, 4) is 5.75 Å². The Hall–Kier alpha value is -3.46. The molecule has 4 rings (SSSR count). The van der Waals surface area contributed by atoms with Crippen LogP contribution in [0.3, 0.4) is 0 Å². The SMILES string of the molecule is CCOC(=O)C1=C(CN2CCN(c3ccccc3OCC)CC2)NC(=O)NC1c1ccco1. The molecule has 1 aromatic heterocycles. The Morgan fingerprint density at radius 3 is 2.58 bits per heavy atom. The van der Waals surface area contributed by atoms with Gasteiger partial charge in [0, 0.05) is 38.4 Å². The first-order chi connectivity index (χ1) is 16.1. The van der Waals surface area contributed by atoms with Gasteiger partial charge in [-0.25, -0.2) is 9.59 Å². The van der Waals surface area contributed by atoms with Crippen LogP contribution in [0.2, 0.25) is 0 Å². The number of urea groups is 1. The smallest absolute Gasteiger partial charge is 0.338 e. The van der Waals surface area contributed by atoms with Crippen LogP contribution >= 0.6 is 0 Å². The van der Waals surface area contributed by atoms with E-state index in [2.05, 4.69) is 26.5 Å². The molecule has 2 amide bonds. The normalized spacial score (nSPS) is 19.2. The minimum absolute atomic E-state index is 0.242. The van der Waals surface area contributed by atoms with Gasteiger partial charge in [-0.3, -0.25) is 4.90 Å². The highest BCUT2D eigenvalue weighted by Crippen LogP contribution is 2.30. The second kappa shape index (κ2) is 10.4. The van der Waals surface area contributed by atoms with Gasteiger partial charge in [0.25, 0.3) is 0 Å². The molecule has 33 heavy (non-hydrogen) atoms. The zero-order chi connectivity index (χ0) is 23.2. The van der Waals surface area contributed by atoms with E-state index in [9.17, 15) is 9.59 Å². The number of hydrogen-bond donors (Lipinski definition) is 2. The molecule has 1 atom stereocenters. The van der Waals surface area contributed by atoms with Crippen LogP contribution in [-0.2, 0) is 9.53 Å². The van der Waals surface area contributed by atoms with E-state index >= 15 is 0 Å². The monoisotopic (exact) mass is 454 g/mol. The van der Waals surface area contributed by atoms with Gasteiger partial charge >= 0.3 is 12.0 Å². The topological polar surface area (TPSA) is 96.3 Å². The maximum Gasteiger partial charge on any atom is 0.338 e. The summed E-state index contributed by atoms with van der Waals surface area (Å²) in [5, 5.41) is 5.60. The van der Waals surface area contributed by atoms with Crippen LogP contribution in [-0.4, -0.2) is 62.8 Å². The highest BCUT2D eigenvalue weighted by Gasteiger charge is 2.36. The molecule has 1 unspecified atom stereocenters. The third-order valence-corrected chi connectivity index (χ3v) is 5.74. The summed E-state index contributed by atoms with van der Waals surface area (Å²) in [6, 6.07) is 10.5. The van der Waals surface area contributed by atoms with E-state index in [-0.39, 0.29) is 12.6 Å². The van der Waals surface area contributed by atoms with Crippen molar-refractivity contribution in [2.75, 3.05) is 50.8 Å². The van der Waals surface area contributed by atoms with Crippen molar-refractivity contribution in [3.05, 3.63) is 59.7 Å². The molecule has 0 aliphatic carbocycles. The number of carbonyl (C=O) groups excluding carboxylic acids is 2. The van der Waals surface area contributed by atoms with E-state index in [1.807, 2.05) is 25.1 Å². The first-order valence-electron chi connectivity index (χ1n) is 11.3. The van der Waals surface area contributed by atoms with E-state index in [4.69, 9.17) is 13.9 Å². The summed E-state index contributed by atoms with van der Waals surface area (Å²) in [6.07, 6.45) is 1.52. The third-order valence-electron chi connectivity index (χ3n) is 5.74. The zero-order valence-electron chi connectivity index (χ0n) is 19.0. The van der Waals surface area contributed by atoms with Crippen molar-refractivity contribution in [2.45, 2.75) is 19.9 Å². The fourth-order valence-electron chi connectivity index (χ4n) is 4.23. The molecule has 1 saturated heterocycles. The van der Waals surface area contributed by atoms with Crippen LogP contribution in [0.25, 0.3) is 0 Å². The number of nitrogens with zero attached hydrogens (tertiary/aromatic N) is 2. The maximum absolute atomic E-state index is 12.8. The highest BCUT2D eigenvalue weighted by molar-refractivity contribution is 5.95. The Morgan fingerprint density at radius 1 is 1.09 bits per heavy atom. The van der Waals surface area contributed by atoms with Crippen LogP contribution in [0.5, 0.6) is 5.75 Å². The van der Waals surface area contributed by atoms with Crippen molar-refractivity contribution < 1.29 is 23.5 Å². The molecule has 0 radical (unpaired) electrons. The third kappa shape index (κ3) is 5.14. The number of benzene rings is 1. The van der Waals surface area contributed by atoms with E-state index in [1.165, 1.54) is 6.26 Å². The summed E-state index contributed by atoms with van der Waals surface area (Å²) in [4.78, 5) is 29.8. The average Bonchev–Trinajstić information content (AvgIpc) is 3.35. The molecular formula is C24H30N4O5. The van der Waals surface area contributed by atoms with Crippen molar-refractivity contribution in [1.29, 1.82) is 0 Å². The molecule has 0 bridgehead atoms. The minimum atomic E-state index is -0.692. The predicted molar refractivity (Wildman–Crippen MR) is 123 cm³/mol. The molecule has 1 aromatic carbocycles. The number of para-hydroxylation sites is 2. The summed E-state index contributed by atoms with van der Waals surface area (Å²) in [7, 11) is 0. The Bertz CT molecular complexity index is 996. The molecule has 176 valence electrons. The number of rotatable bonds is 8. The number of piperazine rings is 1. The fourth-order valence-corrected chi connectivity index (χ4v) is 4.23. The number of carbonyl (C=O) groups is 2. The highest BCUT2D eigenvalue weighted by atomic mass is 16.5. The van der Waals surface area contributed by atoms with Crippen LogP contribution < -0.4 is 20.3 Å². The molecule has 1 fully saturated rings. The van der Waals surface area contributed by atoms with Crippen molar-refractivity contribution in [1.82, 2.24) is 15.5 Å². The van der Waals surface area contributed by atoms with Gasteiger partial charge in [-0.1, -0.05) is 12.1 Å². The van der Waals surface area contributed by atoms with Gasteiger partial charge in [-0.05, 0) is 38.1 Å². The Morgan fingerprint density at radius 2 is 1.88 bits per heavy atom. The van der Waals surface area contributed by atoms with Gasteiger partial charge < -0.3 is 29.4 Å². The van der Waals surface area contributed by atoms with Crippen LogP contribution in [0.4, 0.5) is 10.5 Å². The van der Waals surface area contributed by atoms with Crippen molar-refractivity contribution in [3.63, 3.8) is 0 Å². The van der Waals surface area contributed by atoms with Gasteiger partial charge in [0.1, 0.15) is 17.6 Å². The zero-order valence-corrected chi connectivity index (χ0v) is 19.0. The van der Waals surface area contributed by atoms with E-state index in [0.29, 0.717) is 30.2 Å². The van der Waals surface area contributed by atoms with E-state index in [0.717, 1.165) is 37.6 Å². The van der Waals surface area contributed by atoms with Gasteiger partial charge in [0.2, 0.25) is 0 Å². The molecule has 3 heterocycles. The number of anilines is 1. The molecule has 9 heteroatoms. The summed E-state index contributed by atoms with van der Waals surface area (Å²) >= 11 is 0. The first kappa shape index (κ1) is 22.7. The predicted octanol–water partition coefficient (Wildman–Crippen LogP) is 2.67. The number of esters is 1. The molecular weight excluding hydrogens is 424 g/mol. The molecule has 9 nitrogen and oxygen atoms in total. The van der Waals surface area contributed by atoms with Gasteiger partial charge in [0.15, 0.2) is 0 Å². The van der Waals surface area contributed by atoms with E-state index < -0.39 is 12.0 Å². The largest absolute Gasteiger partial charge is 0.492 e. The van der Waals surface area contributed by atoms with Crippen LogP contribution in [0, 0.1) is 0 Å². The Balaban J connectivity index is 1.51. The molecule has 2 aliphatic heterocycles. The van der Waals surface area contributed by atoms with Crippen LogP contribution in [0.15, 0.2) is 58.3 Å².